The summed E-state index contributed by atoms with van der Waals surface area (Å²) < 4.78 is 31.9. The summed E-state index contributed by atoms with van der Waals surface area (Å²) in [5.74, 6) is -0.919. The first-order chi connectivity index (χ1) is 21.7. The lowest BCUT2D eigenvalue weighted by atomic mass is 10.1. The summed E-state index contributed by atoms with van der Waals surface area (Å²) in [6, 6.07) is 0. The first kappa shape index (κ1) is 41.5. The van der Waals surface area contributed by atoms with Gasteiger partial charge in [0, 0.05) is 12.8 Å². The average molecular weight is 659 g/mol. The molecule has 0 aliphatic carbocycles. The molecule has 0 amide bonds. The lowest BCUT2D eigenvalue weighted by Gasteiger charge is -2.18. The van der Waals surface area contributed by atoms with Gasteiger partial charge in [0.15, 0.2) is 6.10 Å². The molecular weight excluding hydrogens is 595 g/mol. The van der Waals surface area contributed by atoms with E-state index in [0.29, 0.717) is 25.0 Å². The van der Waals surface area contributed by atoms with Crippen molar-refractivity contribution in [1.29, 1.82) is 0 Å². The van der Waals surface area contributed by atoms with Gasteiger partial charge in [-0.2, -0.15) is 0 Å². The maximum atomic E-state index is 12.3. The zero-order valence-electron chi connectivity index (χ0n) is 28.2. The molecule has 0 bridgehead atoms. The number of carbonyl (C=O) groups excluding carboxylic acids is 2. The van der Waals surface area contributed by atoms with Crippen LogP contribution in [0.5, 0.6) is 0 Å². The largest absolute Gasteiger partial charge is 0.469 e. The van der Waals surface area contributed by atoms with Crippen LogP contribution in [-0.4, -0.2) is 53.3 Å². The molecule has 0 spiro atoms. The molecule has 10 heteroatoms. The van der Waals surface area contributed by atoms with Crippen LogP contribution >= 0.6 is 7.82 Å². The van der Waals surface area contributed by atoms with Crippen LogP contribution in [0.15, 0.2) is 24.3 Å². The van der Waals surface area contributed by atoms with E-state index in [2.05, 4.69) is 42.7 Å². The summed E-state index contributed by atoms with van der Waals surface area (Å²) in [4.78, 5) is 42.6. The molecule has 0 aromatic heterocycles. The van der Waals surface area contributed by atoms with Gasteiger partial charge in [-0.3, -0.25) is 14.1 Å². The minimum Gasteiger partial charge on any atom is -0.462 e. The number of esters is 2. The Morgan fingerprint density at radius 1 is 0.689 bits per heavy atom. The average Bonchev–Trinajstić information content (AvgIpc) is 3.75. The third kappa shape index (κ3) is 27.3. The van der Waals surface area contributed by atoms with Crippen molar-refractivity contribution in [2.24, 2.45) is 0 Å². The van der Waals surface area contributed by atoms with Crippen LogP contribution in [0.2, 0.25) is 0 Å². The zero-order valence-corrected chi connectivity index (χ0v) is 29.1. The Morgan fingerprint density at radius 2 is 1.24 bits per heavy atom. The molecule has 3 atom stereocenters. The van der Waals surface area contributed by atoms with Gasteiger partial charge in [0.05, 0.1) is 18.8 Å². The number of carbonyl (C=O) groups is 2. The van der Waals surface area contributed by atoms with Crippen LogP contribution in [0.25, 0.3) is 0 Å². The lowest BCUT2D eigenvalue weighted by molar-refractivity contribution is -0.161. The van der Waals surface area contributed by atoms with Gasteiger partial charge < -0.3 is 24.0 Å². The van der Waals surface area contributed by atoms with E-state index in [-0.39, 0.29) is 19.4 Å². The van der Waals surface area contributed by atoms with E-state index in [0.717, 1.165) is 77.0 Å². The van der Waals surface area contributed by atoms with Crippen LogP contribution in [0.4, 0.5) is 0 Å². The topological polar surface area (TPSA) is 132 Å². The number of hydrogen-bond acceptors (Lipinski definition) is 7. The van der Waals surface area contributed by atoms with Crippen molar-refractivity contribution in [3.63, 3.8) is 0 Å². The molecule has 1 aliphatic rings. The molecule has 0 saturated carbocycles. The van der Waals surface area contributed by atoms with Gasteiger partial charge in [-0.05, 0) is 57.8 Å². The van der Waals surface area contributed by atoms with Crippen molar-refractivity contribution in [3.8, 4) is 0 Å². The van der Waals surface area contributed by atoms with E-state index in [4.69, 9.17) is 24.0 Å². The molecule has 1 fully saturated rings. The Kier molecular flexibility index (Phi) is 25.5. The van der Waals surface area contributed by atoms with Crippen molar-refractivity contribution in [3.05, 3.63) is 24.3 Å². The van der Waals surface area contributed by atoms with Gasteiger partial charge in [0.2, 0.25) is 0 Å². The van der Waals surface area contributed by atoms with Crippen LogP contribution in [0, 0.1) is 0 Å². The molecule has 2 unspecified atom stereocenters. The fraction of sp³-hybridized carbons (Fsp3) is 0.829. The number of phosphoric acid groups is 1. The van der Waals surface area contributed by atoms with E-state index in [1.807, 2.05) is 0 Å². The molecule has 1 aliphatic heterocycles. The second kappa shape index (κ2) is 27.6. The minimum atomic E-state index is -4.75. The minimum absolute atomic E-state index is 0.190. The number of phosphoric ester groups is 1. The smallest absolute Gasteiger partial charge is 0.462 e. The van der Waals surface area contributed by atoms with Gasteiger partial charge in [-0.25, -0.2) is 4.57 Å². The maximum absolute atomic E-state index is 12.3. The molecule has 262 valence electrons. The zero-order chi connectivity index (χ0) is 33.0. The fourth-order valence-corrected chi connectivity index (χ4v) is 5.43. The molecule has 1 rings (SSSR count). The summed E-state index contributed by atoms with van der Waals surface area (Å²) in [5.41, 5.74) is 0. The number of allylic oxidation sites excluding steroid dienone is 3. The lowest BCUT2D eigenvalue weighted by Crippen LogP contribution is -2.29. The van der Waals surface area contributed by atoms with Gasteiger partial charge in [0.1, 0.15) is 6.61 Å². The SMILES string of the molecule is CCCC/C=C\CCCCCCCC(=O)OC[C@H](COP(=O)(O)O)OC(=O)CCCCCCC/C=C\CC1OC1CCCCC. The van der Waals surface area contributed by atoms with Gasteiger partial charge in [-0.1, -0.05) is 109 Å². The predicted molar refractivity (Wildman–Crippen MR) is 179 cm³/mol. The molecule has 2 N–H and O–H groups in total. The highest BCUT2D eigenvalue weighted by atomic mass is 31.2. The normalized spacial score (nSPS) is 17.2. The molecule has 0 aromatic rings. The molecular formula is C35H63O9P. The molecule has 1 heterocycles. The van der Waals surface area contributed by atoms with Crippen LogP contribution in [0.1, 0.15) is 155 Å². The summed E-state index contributed by atoms with van der Waals surface area (Å²) in [7, 11) is -4.75. The third-order valence-electron chi connectivity index (χ3n) is 7.87. The van der Waals surface area contributed by atoms with Gasteiger partial charge in [-0.15, -0.1) is 0 Å². The van der Waals surface area contributed by atoms with Crippen LogP contribution < -0.4 is 0 Å². The summed E-state index contributed by atoms with van der Waals surface area (Å²) >= 11 is 0. The Morgan fingerprint density at radius 3 is 1.87 bits per heavy atom. The molecule has 45 heavy (non-hydrogen) atoms. The Balaban J connectivity index is 2.11. The summed E-state index contributed by atoms with van der Waals surface area (Å²) in [6.07, 6.45) is 30.7. The van der Waals surface area contributed by atoms with E-state index >= 15 is 0 Å². The van der Waals surface area contributed by atoms with Crippen molar-refractivity contribution in [1.82, 2.24) is 0 Å². The first-order valence-corrected chi connectivity index (χ1v) is 19.3. The van der Waals surface area contributed by atoms with E-state index in [1.54, 1.807) is 0 Å². The number of hydrogen-bond donors (Lipinski definition) is 2. The molecule has 9 nitrogen and oxygen atoms in total. The van der Waals surface area contributed by atoms with E-state index in [1.165, 1.54) is 38.5 Å². The van der Waals surface area contributed by atoms with Crippen molar-refractivity contribution < 1.29 is 42.7 Å². The number of rotatable bonds is 31. The Hall–Kier alpha value is -1.51. The second-order valence-corrected chi connectivity index (χ2v) is 13.5. The van der Waals surface area contributed by atoms with Crippen molar-refractivity contribution >= 4 is 19.8 Å². The summed E-state index contributed by atoms with van der Waals surface area (Å²) in [6.45, 7) is 3.57. The summed E-state index contributed by atoms with van der Waals surface area (Å²) in [5, 5.41) is 0. The Labute approximate surface area is 273 Å². The van der Waals surface area contributed by atoms with Crippen LogP contribution in [-0.2, 0) is 32.9 Å². The molecule has 0 radical (unpaired) electrons. The highest BCUT2D eigenvalue weighted by Crippen LogP contribution is 2.36. The van der Waals surface area contributed by atoms with Crippen LogP contribution in [0.3, 0.4) is 0 Å². The third-order valence-corrected chi connectivity index (χ3v) is 8.35. The van der Waals surface area contributed by atoms with Crippen molar-refractivity contribution in [2.75, 3.05) is 13.2 Å². The Bertz CT molecular complexity index is 854. The molecule has 0 aromatic carbocycles. The second-order valence-electron chi connectivity index (χ2n) is 12.2. The van der Waals surface area contributed by atoms with Crippen molar-refractivity contribution in [2.45, 2.75) is 173 Å². The fourth-order valence-electron chi connectivity index (χ4n) is 5.06. The van der Waals surface area contributed by atoms with E-state index in [9.17, 15) is 14.2 Å². The van der Waals surface area contributed by atoms with Gasteiger partial charge >= 0.3 is 19.8 Å². The first-order valence-electron chi connectivity index (χ1n) is 17.8. The van der Waals surface area contributed by atoms with E-state index < -0.39 is 32.5 Å². The highest BCUT2D eigenvalue weighted by Gasteiger charge is 2.36. The number of epoxide rings is 1. The number of unbranched alkanes of at least 4 members (excludes halogenated alkanes) is 14. The monoisotopic (exact) mass is 658 g/mol. The standard InChI is InChI=1S/C35H63O9P/c1-3-5-7-8-9-10-11-12-16-19-23-27-34(36)41-29-31(30-42-45(38,39)40)43-35(37)28-24-20-17-14-13-15-18-22-26-33-32(44-33)25-21-6-4-2/h8-9,18,22,31-33H,3-7,10-17,19-21,23-30H2,1-2H3,(H2,38,39,40)/b9-8-,22-18-/t31-,32?,33?/m1/s1. The quantitative estimate of drug-likeness (QED) is 0.0246. The maximum Gasteiger partial charge on any atom is 0.469 e. The number of ether oxygens (including phenoxy) is 3. The van der Waals surface area contributed by atoms with Gasteiger partial charge in [0.25, 0.3) is 0 Å². The predicted octanol–water partition coefficient (Wildman–Crippen LogP) is 9.05. The highest BCUT2D eigenvalue weighted by molar-refractivity contribution is 7.46. The molecule has 1 saturated heterocycles.